The summed E-state index contributed by atoms with van der Waals surface area (Å²) in [6, 6.07) is 0. The van der Waals surface area contributed by atoms with Crippen LogP contribution in [0.2, 0.25) is 0 Å². The Kier molecular flexibility index (Phi) is 4.16. The first-order valence-electron chi connectivity index (χ1n) is 5.09. The zero-order chi connectivity index (χ0) is 9.73. The SMILES string of the molecule is CCOCC1(CNC)CCOC1C. The van der Waals surface area contributed by atoms with Crippen LogP contribution in [0.5, 0.6) is 0 Å². The van der Waals surface area contributed by atoms with E-state index in [0.717, 1.165) is 32.8 Å². The second-order valence-corrected chi connectivity index (χ2v) is 3.79. The molecule has 2 atom stereocenters. The first-order chi connectivity index (χ1) is 6.25. The quantitative estimate of drug-likeness (QED) is 0.697. The summed E-state index contributed by atoms with van der Waals surface area (Å²) in [4.78, 5) is 0. The van der Waals surface area contributed by atoms with Crippen LogP contribution in [0.1, 0.15) is 20.3 Å². The van der Waals surface area contributed by atoms with Crippen LogP contribution in [-0.2, 0) is 9.47 Å². The number of nitrogens with one attached hydrogen (secondary N) is 1. The molecule has 1 rings (SSSR count). The summed E-state index contributed by atoms with van der Waals surface area (Å²) in [5.74, 6) is 0. The highest BCUT2D eigenvalue weighted by molar-refractivity contribution is 4.91. The summed E-state index contributed by atoms with van der Waals surface area (Å²) in [5, 5.41) is 3.23. The largest absolute Gasteiger partial charge is 0.381 e. The van der Waals surface area contributed by atoms with Gasteiger partial charge in [0, 0.05) is 25.2 Å². The molecule has 1 saturated heterocycles. The van der Waals surface area contributed by atoms with E-state index in [0.29, 0.717) is 6.10 Å². The topological polar surface area (TPSA) is 30.5 Å². The maximum absolute atomic E-state index is 5.60. The fraction of sp³-hybridized carbons (Fsp3) is 1.00. The first-order valence-corrected chi connectivity index (χ1v) is 5.09. The second kappa shape index (κ2) is 4.94. The Labute approximate surface area is 80.8 Å². The molecule has 13 heavy (non-hydrogen) atoms. The van der Waals surface area contributed by atoms with Crippen molar-refractivity contribution in [2.24, 2.45) is 5.41 Å². The van der Waals surface area contributed by atoms with Gasteiger partial charge in [0.2, 0.25) is 0 Å². The van der Waals surface area contributed by atoms with Gasteiger partial charge in [-0.3, -0.25) is 0 Å². The minimum absolute atomic E-state index is 0.199. The lowest BCUT2D eigenvalue weighted by molar-refractivity contribution is -0.00158. The molecule has 1 N–H and O–H groups in total. The minimum Gasteiger partial charge on any atom is -0.381 e. The van der Waals surface area contributed by atoms with Crippen molar-refractivity contribution in [1.82, 2.24) is 5.32 Å². The summed E-state index contributed by atoms with van der Waals surface area (Å²) in [5.41, 5.74) is 0.199. The highest BCUT2D eigenvalue weighted by Crippen LogP contribution is 2.34. The molecule has 0 aromatic carbocycles. The van der Waals surface area contributed by atoms with Crippen LogP contribution in [0.25, 0.3) is 0 Å². The van der Waals surface area contributed by atoms with Crippen LogP contribution in [-0.4, -0.2) is 39.5 Å². The smallest absolute Gasteiger partial charge is 0.0638 e. The maximum Gasteiger partial charge on any atom is 0.0638 e. The van der Waals surface area contributed by atoms with Crippen molar-refractivity contribution in [2.75, 3.05) is 33.4 Å². The Hall–Kier alpha value is -0.120. The maximum atomic E-state index is 5.60. The fourth-order valence-electron chi connectivity index (χ4n) is 1.95. The van der Waals surface area contributed by atoms with Crippen molar-refractivity contribution in [3.63, 3.8) is 0 Å². The van der Waals surface area contributed by atoms with Gasteiger partial charge in [0.25, 0.3) is 0 Å². The molecule has 0 spiro atoms. The Morgan fingerprint density at radius 1 is 1.62 bits per heavy atom. The van der Waals surface area contributed by atoms with E-state index >= 15 is 0 Å². The van der Waals surface area contributed by atoms with Crippen molar-refractivity contribution in [3.8, 4) is 0 Å². The van der Waals surface area contributed by atoms with Crippen molar-refractivity contribution >= 4 is 0 Å². The second-order valence-electron chi connectivity index (χ2n) is 3.79. The molecule has 78 valence electrons. The molecule has 0 bridgehead atoms. The molecule has 0 aliphatic carbocycles. The van der Waals surface area contributed by atoms with Gasteiger partial charge in [-0.25, -0.2) is 0 Å². The number of hydrogen-bond donors (Lipinski definition) is 1. The van der Waals surface area contributed by atoms with Gasteiger partial charge in [-0.1, -0.05) is 0 Å². The van der Waals surface area contributed by atoms with Gasteiger partial charge in [-0.2, -0.15) is 0 Å². The summed E-state index contributed by atoms with van der Waals surface area (Å²) >= 11 is 0. The zero-order valence-electron chi connectivity index (χ0n) is 8.93. The molecule has 3 heteroatoms. The average Bonchev–Trinajstić information content (AvgIpc) is 2.46. The van der Waals surface area contributed by atoms with Crippen LogP contribution in [0.4, 0.5) is 0 Å². The van der Waals surface area contributed by atoms with Gasteiger partial charge < -0.3 is 14.8 Å². The molecule has 1 fully saturated rings. The van der Waals surface area contributed by atoms with Gasteiger partial charge in [-0.15, -0.1) is 0 Å². The van der Waals surface area contributed by atoms with E-state index < -0.39 is 0 Å². The Balaban J connectivity index is 2.51. The Bertz CT molecular complexity index is 152. The van der Waals surface area contributed by atoms with E-state index in [1.165, 1.54) is 0 Å². The van der Waals surface area contributed by atoms with Gasteiger partial charge in [0.1, 0.15) is 0 Å². The van der Waals surface area contributed by atoms with Crippen molar-refractivity contribution in [2.45, 2.75) is 26.4 Å². The Morgan fingerprint density at radius 3 is 2.85 bits per heavy atom. The summed E-state index contributed by atoms with van der Waals surface area (Å²) < 4.78 is 11.1. The minimum atomic E-state index is 0.199. The summed E-state index contributed by atoms with van der Waals surface area (Å²) in [6.45, 7) is 7.63. The van der Waals surface area contributed by atoms with E-state index in [1.807, 2.05) is 14.0 Å². The van der Waals surface area contributed by atoms with Crippen LogP contribution < -0.4 is 5.32 Å². The van der Waals surface area contributed by atoms with E-state index in [9.17, 15) is 0 Å². The van der Waals surface area contributed by atoms with Gasteiger partial charge >= 0.3 is 0 Å². The molecule has 1 aliphatic heterocycles. The molecule has 1 aliphatic rings. The predicted octanol–water partition coefficient (Wildman–Crippen LogP) is 1.04. The van der Waals surface area contributed by atoms with E-state index in [-0.39, 0.29) is 5.41 Å². The van der Waals surface area contributed by atoms with E-state index in [2.05, 4.69) is 12.2 Å². The molecular weight excluding hydrogens is 166 g/mol. The highest BCUT2D eigenvalue weighted by Gasteiger charge is 2.41. The van der Waals surface area contributed by atoms with E-state index in [4.69, 9.17) is 9.47 Å². The normalized spacial score (nSPS) is 33.9. The van der Waals surface area contributed by atoms with Crippen LogP contribution in [0.15, 0.2) is 0 Å². The third kappa shape index (κ3) is 2.42. The van der Waals surface area contributed by atoms with Crippen LogP contribution in [0, 0.1) is 5.41 Å². The predicted molar refractivity (Wildman–Crippen MR) is 52.9 cm³/mol. The number of hydrogen-bond acceptors (Lipinski definition) is 3. The van der Waals surface area contributed by atoms with Gasteiger partial charge in [0.15, 0.2) is 0 Å². The average molecular weight is 187 g/mol. The van der Waals surface area contributed by atoms with E-state index in [1.54, 1.807) is 0 Å². The monoisotopic (exact) mass is 187 g/mol. The van der Waals surface area contributed by atoms with Gasteiger partial charge in [-0.05, 0) is 27.3 Å². The zero-order valence-corrected chi connectivity index (χ0v) is 8.93. The highest BCUT2D eigenvalue weighted by atomic mass is 16.5. The lowest BCUT2D eigenvalue weighted by Gasteiger charge is -2.31. The standard InChI is InChI=1S/C10H21NO2/c1-4-12-8-10(7-11-3)5-6-13-9(10)2/h9,11H,4-8H2,1-3H3. The molecule has 0 amide bonds. The molecule has 1 heterocycles. The molecule has 0 radical (unpaired) electrons. The molecule has 3 nitrogen and oxygen atoms in total. The number of rotatable bonds is 5. The van der Waals surface area contributed by atoms with Crippen molar-refractivity contribution < 1.29 is 9.47 Å². The molecule has 0 aromatic rings. The first kappa shape index (κ1) is 11.0. The molecular formula is C10H21NO2. The molecule has 2 unspecified atom stereocenters. The van der Waals surface area contributed by atoms with Crippen LogP contribution >= 0.6 is 0 Å². The summed E-state index contributed by atoms with van der Waals surface area (Å²) in [6.07, 6.45) is 1.42. The fourth-order valence-corrected chi connectivity index (χ4v) is 1.95. The third-order valence-electron chi connectivity index (χ3n) is 2.95. The Morgan fingerprint density at radius 2 is 2.38 bits per heavy atom. The lowest BCUT2D eigenvalue weighted by Crippen LogP contribution is -2.42. The lowest BCUT2D eigenvalue weighted by atomic mass is 9.82. The third-order valence-corrected chi connectivity index (χ3v) is 2.95. The van der Waals surface area contributed by atoms with Crippen molar-refractivity contribution in [1.29, 1.82) is 0 Å². The van der Waals surface area contributed by atoms with Crippen LogP contribution in [0.3, 0.4) is 0 Å². The summed E-state index contributed by atoms with van der Waals surface area (Å²) in [7, 11) is 1.98. The molecule has 0 aromatic heterocycles. The van der Waals surface area contributed by atoms with Crippen molar-refractivity contribution in [3.05, 3.63) is 0 Å². The number of ether oxygens (including phenoxy) is 2. The molecule has 0 saturated carbocycles. The van der Waals surface area contributed by atoms with Gasteiger partial charge in [0.05, 0.1) is 12.7 Å².